The number of fused-ring (bicyclic) bond motifs is 2. The second kappa shape index (κ2) is 7.01. The molecule has 1 aliphatic heterocycles. The zero-order chi connectivity index (χ0) is 19.8. The lowest BCUT2D eigenvalue weighted by atomic mass is 10.0. The van der Waals surface area contributed by atoms with E-state index in [9.17, 15) is 9.59 Å². The van der Waals surface area contributed by atoms with E-state index in [1.807, 2.05) is 36.4 Å². The van der Waals surface area contributed by atoms with E-state index in [1.165, 1.54) is 10.6 Å². The number of amides is 1. The van der Waals surface area contributed by atoms with Gasteiger partial charge in [0.2, 0.25) is 0 Å². The van der Waals surface area contributed by atoms with Gasteiger partial charge < -0.3 is 4.90 Å². The standard InChI is InChI=1S/C22H19N5O2/c28-21(17-14-23-19-8-4-5-11-27(19)22(17)29)26-12-9-16-18(10-13-26)24-25-20(16)15-6-2-1-3-7-15/h1-8,11,14H,9-10,12-13H2,(H,24,25). The van der Waals surface area contributed by atoms with Gasteiger partial charge in [-0.3, -0.25) is 19.1 Å². The van der Waals surface area contributed by atoms with Crippen molar-refractivity contribution in [2.24, 2.45) is 0 Å². The van der Waals surface area contributed by atoms with E-state index >= 15 is 0 Å². The molecule has 0 atom stereocenters. The molecule has 0 saturated carbocycles. The zero-order valence-electron chi connectivity index (χ0n) is 15.7. The number of benzene rings is 1. The highest BCUT2D eigenvalue weighted by atomic mass is 16.2. The molecule has 3 aromatic heterocycles. The molecule has 7 nitrogen and oxygen atoms in total. The first kappa shape index (κ1) is 17.4. The minimum absolute atomic E-state index is 0.0978. The van der Waals surface area contributed by atoms with Crippen molar-refractivity contribution >= 4 is 11.6 Å². The minimum atomic E-state index is -0.338. The topological polar surface area (TPSA) is 83.4 Å². The largest absolute Gasteiger partial charge is 0.338 e. The van der Waals surface area contributed by atoms with Crippen molar-refractivity contribution in [1.29, 1.82) is 0 Å². The summed E-state index contributed by atoms with van der Waals surface area (Å²) in [6.07, 6.45) is 4.38. The number of hydrogen-bond donors (Lipinski definition) is 1. The van der Waals surface area contributed by atoms with Crippen LogP contribution < -0.4 is 5.56 Å². The molecule has 1 aromatic carbocycles. The molecule has 29 heavy (non-hydrogen) atoms. The molecule has 1 N–H and O–H groups in total. The Bertz CT molecular complexity index is 1260. The van der Waals surface area contributed by atoms with Gasteiger partial charge in [-0.15, -0.1) is 0 Å². The summed E-state index contributed by atoms with van der Waals surface area (Å²) in [4.78, 5) is 31.9. The van der Waals surface area contributed by atoms with Crippen LogP contribution in [0.1, 0.15) is 21.6 Å². The monoisotopic (exact) mass is 385 g/mol. The maximum Gasteiger partial charge on any atom is 0.270 e. The molecule has 4 heterocycles. The normalized spacial score (nSPS) is 13.9. The fourth-order valence-electron chi connectivity index (χ4n) is 3.86. The molecule has 1 aliphatic rings. The van der Waals surface area contributed by atoms with Gasteiger partial charge in [0.05, 0.1) is 5.69 Å². The third-order valence-electron chi connectivity index (χ3n) is 5.39. The Balaban J connectivity index is 1.43. The van der Waals surface area contributed by atoms with Crippen LogP contribution in [0.2, 0.25) is 0 Å². The average molecular weight is 385 g/mol. The number of aromatic amines is 1. The maximum absolute atomic E-state index is 13.1. The van der Waals surface area contributed by atoms with E-state index in [-0.39, 0.29) is 17.0 Å². The van der Waals surface area contributed by atoms with Gasteiger partial charge in [0.15, 0.2) is 0 Å². The number of nitrogens with zero attached hydrogens (tertiary/aromatic N) is 4. The zero-order valence-corrected chi connectivity index (χ0v) is 15.7. The van der Waals surface area contributed by atoms with Crippen molar-refractivity contribution in [2.45, 2.75) is 12.8 Å². The van der Waals surface area contributed by atoms with Crippen LogP contribution in [0, 0.1) is 0 Å². The molecule has 0 bridgehead atoms. The lowest BCUT2D eigenvalue weighted by Gasteiger charge is -2.20. The third-order valence-corrected chi connectivity index (χ3v) is 5.39. The Morgan fingerprint density at radius 2 is 1.79 bits per heavy atom. The molecule has 0 aliphatic carbocycles. The maximum atomic E-state index is 13.1. The summed E-state index contributed by atoms with van der Waals surface area (Å²) in [7, 11) is 0. The smallest absolute Gasteiger partial charge is 0.270 e. The van der Waals surface area contributed by atoms with E-state index in [4.69, 9.17) is 0 Å². The number of aromatic nitrogens is 4. The number of nitrogens with one attached hydrogen (secondary N) is 1. The van der Waals surface area contributed by atoms with Gasteiger partial charge >= 0.3 is 0 Å². The molecule has 4 aromatic rings. The first-order chi connectivity index (χ1) is 14.2. The summed E-state index contributed by atoms with van der Waals surface area (Å²) < 4.78 is 1.41. The fourth-order valence-corrected chi connectivity index (χ4v) is 3.86. The minimum Gasteiger partial charge on any atom is -0.338 e. The number of carbonyl (C=O) groups is 1. The van der Waals surface area contributed by atoms with Crippen LogP contribution >= 0.6 is 0 Å². The van der Waals surface area contributed by atoms with Crippen LogP contribution in [0.25, 0.3) is 16.9 Å². The van der Waals surface area contributed by atoms with E-state index in [0.717, 1.165) is 22.5 Å². The predicted molar refractivity (Wildman–Crippen MR) is 109 cm³/mol. The molecular formula is C22H19N5O2. The Hall–Kier alpha value is -3.74. The number of pyridine rings is 1. The Morgan fingerprint density at radius 1 is 1.00 bits per heavy atom. The van der Waals surface area contributed by atoms with Crippen molar-refractivity contribution < 1.29 is 4.79 Å². The van der Waals surface area contributed by atoms with E-state index in [1.54, 1.807) is 23.2 Å². The van der Waals surface area contributed by atoms with Crippen molar-refractivity contribution in [3.05, 3.63) is 88.1 Å². The molecular weight excluding hydrogens is 366 g/mol. The molecule has 144 valence electrons. The van der Waals surface area contributed by atoms with Crippen molar-refractivity contribution in [3.63, 3.8) is 0 Å². The van der Waals surface area contributed by atoms with Gasteiger partial charge in [0.25, 0.3) is 11.5 Å². The summed E-state index contributed by atoms with van der Waals surface area (Å²) in [5, 5.41) is 7.63. The number of H-pyrrole nitrogens is 1. The summed E-state index contributed by atoms with van der Waals surface area (Å²) in [6.45, 7) is 1.06. The lowest BCUT2D eigenvalue weighted by Crippen LogP contribution is -2.37. The van der Waals surface area contributed by atoms with Crippen molar-refractivity contribution in [2.75, 3.05) is 13.1 Å². The number of hydrogen-bond acceptors (Lipinski definition) is 4. The number of rotatable bonds is 2. The summed E-state index contributed by atoms with van der Waals surface area (Å²) in [5.74, 6) is -0.278. The van der Waals surface area contributed by atoms with Crippen molar-refractivity contribution in [1.82, 2.24) is 24.5 Å². The second-order valence-corrected chi connectivity index (χ2v) is 7.09. The first-order valence-corrected chi connectivity index (χ1v) is 9.59. The summed E-state index contributed by atoms with van der Waals surface area (Å²) >= 11 is 0. The SMILES string of the molecule is O=C(c1cnc2ccccn2c1=O)N1CCc2[nH]nc(-c3ccccc3)c2CC1. The average Bonchev–Trinajstić information content (AvgIpc) is 3.05. The van der Waals surface area contributed by atoms with Gasteiger partial charge in [0.1, 0.15) is 11.2 Å². The summed E-state index contributed by atoms with van der Waals surface area (Å²) in [5.41, 5.74) is 4.46. The molecule has 0 spiro atoms. The summed E-state index contributed by atoms with van der Waals surface area (Å²) in [6, 6.07) is 15.3. The van der Waals surface area contributed by atoms with E-state index in [2.05, 4.69) is 15.2 Å². The number of carbonyl (C=O) groups excluding carboxylic acids is 1. The predicted octanol–water partition coefficient (Wildman–Crippen LogP) is 2.33. The highest BCUT2D eigenvalue weighted by Gasteiger charge is 2.25. The quantitative estimate of drug-likeness (QED) is 0.574. The Labute approximate surface area is 166 Å². The molecule has 5 rings (SSSR count). The highest BCUT2D eigenvalue weighted by molar-refractivity contribution is 5.93. The van der Waals surface area contributed by atoms with Gasteiger partial charge in [-0.25, -0.2) is 4.98 Å². The fraction of sp³-hybridized carbons (Fsp3) is 0.182. The molecule has 7 heteroatoms. The highest BCUT2D eigenvalue weighted by Crippen LogP contribution is 2.26. The molecule has 0 fully saturated rings. The van der Waals surface area contributed by atoms with Gasteiger partial charge in [0, 0.05) is 48.7 Å². The van der Waals surface area contributed by atoms with Gasteiger partial charge in [-0.05, 0) is 18.6 Å². The van der Waals surface area contributed by atoms with Crippen molar-refractivity contribution in [3.8, 4) is 11.3 Å². The van der Waals surface area contributed by atoms with Crippen LogP contribution in [0.15, 0.2) is 65.7 Å². The van der Waals surface area contributed by atoms with Crippen LogP contribution in [-0.4, -0.2) is 43.5 Å². The van der Waals surface area contributed by atoms with Gasteiger partial charge in [-0.1, -0.05) is 36.4 Å². The van der Waals surface area contributed by atoms with Gasteiger partial charge in [-0.2, -0.15) is 5.10 Å². The lowest BCUT2D eigenvalue weighted by molar-refractivity contribution is 0.0760. The molecule has 0 unspecified atom stereocenters. The van der Waals surface area contributed by atoms with Crippen LogP contribution in [0.4, 0.5) is 0 Å². The van der Waals surface area contributed by atoms with Crippen LogP contribution in [0.3, 0.4) is 0 Å². The Kier molecular flexibility index (Phi) is 4.20. The Morgan fingerprint density at radius 3 is 2.66 bits per heavy atom. The van der Waals surface area contributed by atoms with Crippen LogP contribution in [0.5, 0.6) is 0 Å². The van der Waals surface area contributed by atoms with Crippen LogP contribution in [-0.2, 0) is 12.8 Å². The first-order valence-electron chi connectivity index (χ1n) is 9.59. The van der Waals surface area contributed by atoms with E-state index in [0.29, 0.717) is 31.6 Å². The molecule has 1 amide bonds. The van der Waals surface area contributed by atoms with E-state index < -0.39 is 0 Å². The second-order valence-electron chi connectivity index (χ2n) is 7.09. The third kappa shape index (κ3) is 3.00. The molecule has 0 radical (unpaired) electrons. The molecule has 0 saturated heterocycles.